The summed E-state index contributed by atoms with van der Waals surface area (Å²) < 4.78 is 81.3. The predicted molar refractivity (Wildman–Crippen MR) is 65.8 cm³/mol. The number of carbonyl (C=O) groups is 1. The van der Waals surface area contributed by atoms with Crippen LogP contribution in [0.3, 0.4) is 0 Å². The smallest absolute Gasteiger partial charge is 0.430 e. The van der Waals surface area contributed by atoms with Gasteiger partial charge in [0, 0.05) is 0 Å². The van der Waals surface area contributed by atoms with Gasteiger partial charge in [-0.05, 0) is 19.8 Å². The third-order valence-electron chi connectivity index (χ3n) is 3.92. The highest BCUT2D eigenvalue weighted by Gasteiger charge is 2.78. The standard InChI is InChI=1S/C13H20F6O3/c1-6-7(2)8(3)9(20)22-10(4,5)11(21,12(14,15)16)13(17,18)19/h7-8,21H,6H2,1-5H3. The third kappa shape index (κ3) is 3.67. The quantitative estimate of drug-likeness (QED) is 0.612. The second-order valence-corrected chi connectivity index (χ2v) is 5.81. The van der Waals surface area contributed by atoms with Crippen molar-refractivity contribution in [2.45, 2.75) is 64.6 Å². The van der Waals surface area contributed by atoms with Gasteiger partial charge >= 0.3 is 18.3 Å². The highest BCUT2D eigenvalue weighted by atomic mass is 19.4. The number of alkyl halides is 6. The van der Waals surface area contributed by atoms with Crippen LogP contribution in [0.2, 0.25) is 0 Å². The van der Waals surface area contributed by atoms with Gasteiger partial charge in [-0.3, -0.25) is 4.79 Å². The minimum atomic E-state index is -6.06. The summed E-state index contributed by atoms with van der Waals surface area (Å²) in [7, 11) is 0. The van der Waals surface area contributed by atoms with Crippen LogP contribution < -0.4 is 0 Å². The van der Waals surface area contributed by atoms with E-state index in [1.165, 1.54) is 6.92 Å². The molecule has 0 aromatic carbocycles. The first kappa shape index (κ1) is 21.0. The molecule has 0 rings (SSSR count). The second-order valence-electron chi connectivity index (χ2n) is 5.81. The Morgan fingerprint density at radius 3 is 1.68 bits per heavy atom. The van der Waals surface area contributed by atoms with E-state index in [9.17, 15) is 36.2 Å². The maximum atomic E-state index is 12.8. The van der Waals surface area contributed by atoms with E-state index < -0.39 is 35.4 Å². The first-order valence-corrected chi connectivity index (χ1v) is 6.61. The van der Waals surface area contributed by atoms with E-state index in [1.54, 1.807) is 13.8 Å². The molecule has 132 valence electrons. The van der Waals surface area contributed by atoms with Crippen LogP contribution in [0.4, 0.5) is 26.3 Å². The molecule has 1 N–H and O–H groups in total. The van der Waals surface area contributed by atoms with Gasteiger partial charge in [0.1, 0.15) is 0 Å². The van der Waals surface area contributed by atoms with E-state index in [0.717, 1.165) is 0 Å². The number of rotatable bonds is 5. The molecule has 2 atom stereocenters. The minimum Gasteiger partial charge on any atom is -0.456 e. The van der Waals surface area contributed by atoms with E-state index >= 15 is 0 Å². The van der Waals surface area contributed by atoms with Crippen molar-refractivity contribution in [2.24, 2.45) is 11.8 Å². The monoisotopic (exact) mass is 338 g/mol. The molecule has 0 spiro atoms. The van der Waals surface area contributed by atoms with E-state index in [-0.39, 0.29) is 5.92 Å². The van der Waals surface area contributed by atoms with Crippen molar-refractivity contribution in [1.29, 1.82) is 0 Å². The number of esters is 1. The van der Waals surface area contributed by atoms with Gasteiger partial charge in [-0.2, -0.15) is 26.3 Å². The highest BCUT2D eigenvalue weighted by molar-refractivity contribution is 5.73. The first-order chi connectivity index (χ1) is 9.53. The Hall–Kier alpha value is -0.990. The summed E-state index contributed by atoms with van der Waals surface area (Å²) in [5.74, 6) is -2.44. The van der Waals surface area contributed by atoms with Gasteiger partial charge in [0.25, 0.3) is 5.60 Å². The molecule has 0 fully saturated rings. The Bertz CT molecular complexity index is 386. The molecule has 0 aliphatic heterocycles. The summed E-state index contributed by atoms with van der Waals surface area (Å²) in [5.41, 5.74) is -8.40. The molecule has 0 aliphatic rings. The average Bonchev–Trinajstić information content (AvgIpc) is 2.32. The van der Waals surface area contributed by atoms with E-state index in [2.05, 4.69) is 4.74 Å². The lowest BCUT2D eigenvalue weighted by atomic mass is 9.83. The largest absolute Gasteiger partial charge is 0.456 e. The molecular formula is C13H20F6O3. The van der Waals surface area contributed by atoms with Crippen molar-refractivity contribution in [3.8, 4) is 0 Å². The van der Waals surface area contributed by atoms with Crippen LogP contribution in [0.25, 0.3) is 0 Å². The molecule has 0 saturated carbocycles. The summed E-state index contributed by atoms with van der Waals surface area (Å²) in [5, 5.41) is 9.31. The van der Waals surface area contributed by atoms with E-state index in [4.69, 9.17) is 0 Å². The van der Waals surface area contributed by atoms with Crippen LogP contribution in [0.15, 0.2) is 0 Å². The summed E-state index contributed by atoms with van der Waals surface area (Å²) in [4.78, 5) is 11.8. The molecule has 3 nitrogen and oxygen atoms in total. The molecule has 0 heterocycles. The fourth-order valence-corrected chi connectivity index (χ4v) is 1.85. The Morgan fingerprint density at radius 2 is 1.41 bits per heavy atom. The van der Waals surface area contributed by atoms with Gasteiger partial charge in [0.2, 0.25) is 0 Å². The maximum Gasteiger partial charge on any atom is 0.430 e. The van der Waals surface area contributed by atoms with Gasteiger partial charge in [0.05, 0.1) is 5.92 Å². The minimum absolute atomic E-state index is 0.298. The Balaban J connectivity index is 5.64. The van der Waals surface area contributed by atoms with Crippen LogP contribution >= 0.6 is 0 Å². The molecule has 0 aromatic rings. The van der Waals surface area contributed by atoms with Gasteiger partial charge in [-0.25, -0.2) is 0 Å². The lowest BCUT2D eigenvalue weighted by Crippen LogP contribution is -2.70. The average molecular weight is 338 g/mol. The van der Waals surface area contributed by atoms with Gasteiger partial charge in [0.15, 0.2) is 5.60 Å². The summed E-state index contributed by atoms with van der Waals surface area (Å²) in [6.45, 7) is 5.43. The van der Waals surface area contributed by atoms with Gasteiger partial charge in [-0.15, -0.1) is 0 Å². The molecule has 22 heavy (non-hydrogen) atoms. The lowest BCUT2D eigenvalue weighted by Gasteiger charge is -2.43. The van der Waals surface area contributed by atoms with Crippen molar-refractivity contribution >= 4 is 5.97 Å². The highest BCUT2D eigenvalue weighted by Crippen LogP contribution is 2.50. The SMILES string of the molecule is CCC(C)C(C)C(=O)OC(C)(C)C(O)(C(F)(F)F)C(F)(F)F. The molecule has 0 aromatic heterocycles. The van der Waals surface area contributed by atoms with Crippen molar-refractivity contribution in [2.75, 3.05) is 0 Å². The van der Waals surface area contributed by atoms with Gasteiger partial charge < -0.3 is 9.84 Å². The molecule has 2 unspecified atom stereocenters. The summed E-state index contributed by atoms with van der Waals surface area (Å²) in [6.07, 6.45) is -11.6. The summed E-state index contributed by atoms with van der Waals surface area (Å²) >= 11 is 0. The van der Waals surface area contributed by atoms with Crippen LogP contribution in [-0.4, -0.2) is 34.6 Å². The topological polar surface area (TPSA) is 46.5 Å². The molecule has 0 radical (unpaired) electrons. The van der Waals surface area contributed by atoms with Crippen LogP contribution in [0, 0.1) is 11.8 Å². The molecule has 0 aliphatic carbocycles. The normalized spacial score (nSPS) is 17.1. The molecule has 0 bridgehead atoms. The van der Waals surface area contributed by atoms with Gasteiger partial charge in [-0.1, -0.05) is 27.2 Å². The number of aliphatic hydroxyl groups is 1. The second kappa shape index (κ2) is 6.25. The lowest BCUT2D eigenvalue weighted by molar-refractivity contribution is -0.407. The molecule has 0 saturated heterocycles. The Kier molecular flexibility index (Phi) is 5.97. The van der Waals surface area contributed by atoms with Crippen molar-refractivity contribution < 1.29 is 41.0 Å². The zero-order valence-corrected chi connectivity index (χ0v) is 12.9. The number of ether oxygens (including phenoxy) is 1. The predicted octanol–water partition coefficient (Wildman–Crippen LogP) is 3.85. The fraction of sp³-hybridized carbons (Fsp3) is 0.923. The van der Waals surface area contributed by atoms with E-state index in [1.807, 2.05) is 0 Å². The molecule has 9 heteroatoms. The van der Waals surface area contributed by atoms with Crippen LogP contribution in [-0.2, 0) is 9.53 Å². The first-order valence-electron chi connectivity index (χ1n) is 6.61. The Morgan fingerprint density at radius 1 is 1.05 bits per heavy atom. The zero-order valence-electron chi connectivity index (χ0n) is 12.9. The number of carbonyl (C=O) groups excluding carboxylic acids is 1. The number of halogens is 6. The van der Waals surface area contributed by atoms with E-state index in [0.29, 0.717) is 20.3 Å². The third-order valence-corrected chi connectivity index (χ3v) is 3.92. The summed E-state index contributed by atoms with van der Waals surface area (Å²) in [6, 6.07) is 0. The van der Waals surface area contributed by atoms with Crippen LogP contribution in [0.1, 0.15) is 41.0 Å². The van der Waals surface area contributed by atoms with Crippen molar-refractivity contribution in [3.63, 3.8) is 0 Å². The van der Waals surface area contributed by atoms with Crippen LogP contribution in [0.5, 0.6) is 0 Å². The zero-order chi connectivity index (χ0) is 18.1. The van der Waals surface area contributed by atoms with Crippen molar-refractivity contribution in [3.05, 3.63) is 0 Å². The Labute approximate surface area is 124 Å². The fourth-order valence-electron chi connectivity index (χ4n) is 1.85. The molecular weight excluding hydrogens is 318 g/mol. The number of hydrogen-bond donors (Lipinski definition) is 1. The van der Waals surface area contributed by atoms with Crippen molar-refractivity contribution in [1.82, 2.24) is 0 Å². The number of hydrogen-bond acceptors (Lipinski definition) is 3. The maximum absolute atomic E-state index is 12.8. The molecule has 0 amide bonds.